The van der Waals surface area contributed by atoms with Crippen LogP contribution >= 0.6 is 45.2 Å². The van der Waals surface area contributed by atoms with Gasteiger partial charge in [-0.15, -0.1) is 0 Å². The van der Waals surface area contributed by atoms with Gasteiger partial charge < -0.3 is 0 Å². The number of hydrogen-bond acceptors (Lipinski definition) is 0. The predicted octanol–water partition coefficient (Wildman–Crippen LogP) is 23.6. The van der Waals surface area contributed by atoms with Gasteiger partial charge in [-0.05, 0) is 280 Å². The van der Waals surface area contributed by atoms with Crippen LogP contribution in [0.25, 0.3) is 55.6 Å². The number of fused-ring (bicyclic) bond motifs is 15. The zero-order valence-electron chi connectivity index (χ0n) is 51.8. The Hall–Kier alpha value is -6.34. The Kier molecular flexibility index (Phi) is 21.3. The lowest BCUT2D eigenvalue weighted by molar-refractivity contribution is 0.886. The highest BCUT2D eigenvalue weighted by molar-refractivity contribution is 14.1. The Balaban J connectivity index is 0.000000117. The van der Waals surface area contributed by atoms with Gasteiger partial charge in [0.2, 0.25) is 0 Å². The number of unbranched alkanes of at least 4 members (excludes halogenated alkanes) is 1. The molecule has 0 radical (unpaired) electrons. The molecule has 0 spiro atoms. The first kappa shape index (κ1) is 61.7. The maximum absolute atomic E-state index is 2.42. The van der Waals surface area contributed by atoms with Crippen LogP contribution in [0.2, 0.25) is 0 Å². The Bertz CT molecular complexity index is 3790. The molecule has 0 bridgehead atoms. The highest BCUT2D eigenvalue weighted by Crippen LogP contribution is 2.42. The van der Waals surface area contributed by atoms with Crippen molar-refractivity contribution in [2.45, 2.75) is 152 Å². The molecule has 10 aromatic rings. The quantitative estimate of drug-likeness (QED) is 0.126. The minimum absolute atomic E-state index is 1.10. The van der Waals surface area contributed by atoms with Gasteiger partial charge in [0.15, 0.2) is 0 Å². The van der Waals surface area contributed by atoms with E-state index in [9.17, 15) is 0 Å². The average molecular weight is 1340 g/mol. The maximum atomic E-state index is 2.42. The fourth-order valence-corrected chi connectivity index (χ4v) is 13.8. The van der Waals surface area contributed by atoms with E-state index in [-0.39, 0.29) is 0 Å². The summed E-state index contributed by atoms with van der Waals surface area (Å²) in [6.45, 7) is 17.7. The van der Waals surface area contributed by atoms with Crippen LogP contribution in [0.1, 0.15) is 170 Å². The normalized spacial score (nSPS) is 12.1. The van der Waals surface area contributed by atoms with Crippen molar-refractivity contribution in [1.29, 1.82) is 0 Å². The molecule has 0 saturated heterocycles. The first-order valence-corrected chi connectivity index (χ1v) is 34.1. The summed E-state index contributed by atoms with van der Waals surface area (Å²) in [6, 6.07) is 72.7. The molecule has 0 N–H and O–H groups in total. The molecular formula is C83H86I2. The number of halogens is 2. The summed E-state index contributed by atoms with van der Waals surface area (Å²) in [5, 5.41) is 0. The second kappa shape index (κ2) is 29.4. The van der Waals surface area contributed by atoms with Crippen LogP contribution in [0.3, 0.4) is 0 Å². The molecule has 0 aromatic heterocycles. The van der Waals surface area contributed by atoms with Gasteiger partial charge in [-0.2, -0.15) is 0 Å². The van der Waals surface area contributed by atoms with Crippen molar-refractivity contribution >= 4 is 45.2 Å². The third-order valence-corrected chi connectivity index (χ3v) is 18.9. The van der Waals surface area contributed by atoms with Crippen LogP contribution in [-0.2, 0) is 64.2 Å². The van der Waals surface area contributed by atoms with Gasteiger partial charge in [-0.25, -0.2) is 0 Å². The highest BCUT2D eigenvalue weighted by atomic mass is 127. The van der Waals surface area contributed by atoms with Crippen LogP contribution in [0.15, 0.2) is 194 Å². The minimum Gasteiger partial charge on any atom is -0.0654 e. The van der Waals surface area contributed by atoms with E-state index in [1.165, 1.54) is 203 Å². The molecule has 0 heterocycles. The molecule has 0 nitrogen and oxygen atoms in total. The smallest absolute Gasteiger partial charge is 0.0136 e. The first-order valence-electron chi connectivity index (χ1n) is 31.9. The zero-order chi connectivity index (χ0) is 59.4. The van der Waals surface area contributed by atoms with Crippen molar-refractivity contribution < 1.29 is 0 Å². The predicted molar refractivity (Wildman–Crippen MR) is 385 cm³/mol. The molecular weight excluding hydrogens is 1250 g/mol. The molecule has 5 aliphatic rings. The fraction of sp³-hybridized carbons (Fsp3) is 0.277. The molecule has 5 aliphatic carbocycles. The van der Waals surface area contributed by atoms with Crippen molar-refractivity contribution in [3.63, 3.8) is 0 Å². The molecule has 0 fully saturated rings. The van der Waals surface area contributed by atoms with Crippen LogP contribution in [0.5, 0.6) is 0 Å². The van der Waals surface area contributed by atoms with Crippen molar-refractivity contribution in [1.82, 2.24) is 0 Å². The molecule has 15 rings (SSSR count). The Morgan fingerprint density at radius 2 is 0.506 bits per heavy atom. The minimum atomic E-state index is 1.10. The number of aryl methyl sites for hydroxylation is 6. The van der Waals surface area contributed by atoms with Crippen LogP contribution in [-0.4, -0.2) is 0 Å². The molecule has 0 amide bonds. The zero-order valence-corrected chi connectivity index (χ0v) is 56.2. The van der Waals surface area contributed by atoms with Gasteiger partial charge in [0, 0.05) is 7.14 Å². The standard InChI is InChI=1S/C19H22.C17H18.C16H16.C14H12.C13H8I2.C4H10/c1-3-5-14-7-9-16-13-17-10-8-15(6-4-2)12-19(17)18(16)11-14;1-3-12-5-7-14-11-15-8-6-13(4-2)10-17(15)16(14)9-12;1-2-5-12-8-9-14-11-13-6-3-4-7-15(13)16(14)10-12;1-10-6-7-12-9-11-4-2-3-5-13(11)14(12)8-10;14-10-3-1-8-5-9-2-4-11(15)7-13(9)12(8)6-10;1-3-4-2/h7-12H,3-6,13H2,1-2H3;5-10H,3-4,11H2,1-2H3;3-4,6-10H,2,5,11H2,1H3;2-8H,9H2,1H3;1-4,6-7H,5H2;3-4H2,1-2H3. The summed E-state index contributed by atoms with van der Waals surface area (Å²) in [6.07, 6.45) is 17.7. The van der Waals surface area contributed by atoms with E-state index in [0.29, 0.717) is 0 Å². The monoisotopic (exact) mass is 1340 g/mol. The Morgan fingerprint density at radius 3 is 0.835 bits per heavy atom. The van der Waals surface area contributed by atoms with E-state index < -0.39 is 0 Å². The largest absolute Gasteiger partial charge is 0.0654 e. The van der Waals surface area contributed by atoms with Crippen LogP contribution in [0, 0.1) is 14.1 Å². The third-order valence-electron chi connectivity index (χ3n) is 17.6. The number of hydrogen-bond donors (Lipinski definition) is 0. The summed E-state index contributed by atoms with van der Waals surface area (Å²) in [7, 11) is 0. The second-order valence-electron chi connectivity index (χ2n) is 23.9. The summed E-state index contributed by atoms with van der Waals surface area (Å²) >= 11 is 4.76. The average Bonchev–Trinajstić information content (AvgIpc) is 4.42. The topological polar surface area (TPSA) is 0 Å². The summed E-state index contributed by atoms with van der Waals surface area (Å²) in [4.78, 5) is 0. The van der Waals surface area contributed by atoms with Gasteiger partial charge in [0.1, 0.15) is 0 Å². The van der Waals surface area contributed by atoms with E-state index in [2.05, 4.69) is 295 Å². The van der Waals surface area contributed by atoms with Gasteiger partial charge in [0.05, 0.1) is 0 Å². The second-order valence-corrected chi connectivity index (χ2v) is 26.4. The fourth-order valence-electron chi connectivity index (χ4n) is 12.8. The molecule has 0 aliphatic heterocycles. The summed E-state index contributed by atoms with van der Waals surface area (Å²) in [5.41, 5.74) is 38.0. The van der Waals surface area contributed by atoms with E-state index in [1.807, 2.05) is 0 Å². The van der Waals surface area contributed by atoms with E-state index in [4.69, 9.17) is 0 Å². The van der Waals surface area contributed by atoms with Crippen molar-refractivity contribution in [2.24, 2.45) is 0 Å². The number of rotatable bonds is 9. The molecule has 85 heavy (non-hydrogen) atoms. The van der Waals surface area contributed by atoms with Crippen molar-refractivity contribution in [2.75, 3.05) is 0 Å². The highest BCUT2D eigenvalue weighted by Gasteiger charge is 2.23. The summed E-state index contributed by atoms with van der Waals surface area (Å²) < 4.78 is 2.64. The lowest BCUT2D eigenvalue weighted by Gasteiger charge is -2.06. The Labute approximate surface area is 538 Å². The van der Waals surface area contributed by atoms with Gasteiger partial charge >= 0.3 is 0 Å². The maximum Gasteiger partial charge on any atom is 0.0136 e. The van der Waals surface area contributed by atoms with E-state index in [1.54, 1.807) is 0 Å². The lowest BCUT2D eigenvalue weighted by atomic mass is 9.98. The van der Waals surface area contributed by atoms with Crippen molar-refractivity contribution in [3.8, 4) is 55.6 Å². The van der Waals surface area contributed by atoms with Crippen molar-refractivity contribution in [3.05, 3.63) is 290 Å². The summed E-state index contributed by atoms with van der Waals surface area (Å²) in [5.74, 6) is 0. The molecule has 0 saturated carbocycles. The van der Waals surface area contributed by atoms with Gasteiger partial charge in [-0.3, -0.25) is 0 Å². The third kappa shape index (κ3) is 14.7. The molecule has 0 atom stereocenters. The molecule has 10 aromatic carbocycles. The van der Waals surface area contributed by atoms with Gasteiger partial charge in [0.25, 0.3) is 0 Å². The Morgan fingerprint density at radius 1 is 0.247 bits per heavy atom. The first-order chi connectivity index (χ1) is 41.5. The van der Waals surface area contributed by atoms with E-state index in [0.717, 1.165) is 44.9 Å². The SMILES string of the molecule is CCCC.CCCc1ccc2c(c1)-c1cc(CCC)ccc1C2.CCCc1ccc2c(c1)-c1ccccc1C2.CCc1ccc2c(c1)-c1cc(CC)ccc1C2.Cc1ccc2c(c1)-c1ccccc1C2.Ic1ccc2c(c1)-c1cc(I)ccc1C2. The van der Waals surface area contributed by atoms with Crippen LogP contribution in [0.4, 0.5) is 0 Å². The molecule has 432 valence electrons. The molecule has 2 heteroatoms. The number of benzene rings is 10. The van der Waals surface area contributed by atoms with E-state index >= 15 is 0 Å². The molecule has 0 unspecified atom stereocenters. The van der Waals surface area contributed by atoms with Gasteiger partial charge in [-0.1, -0.05) is 256 Å². The lowest BCUT2D eigenvalue weighted by Crippen LogP contribution is -1.87. The van der Waals surface area contributed by atoms with Crippen LogP contribution < -0.4 is 0 Å².